The zero-order chi connectivity index (χ0) is 19.3. The van der Waals surface area contributed by atoms with Gasteiger partial charge in [0.2, 0.25) is 0 Å². The van der Waals surface area contributed by atoms with Gasteiger partial charge in [-0.25, -0.2) is 9.98 Å². The van der Waals surface area contributed by atoms with Crippen LogP contribution in [0.3, 0.4) is 0 Å². The Hall–Kier alpha value is -2.34. The minimum absolute atomic E-state index is 0.272. The summed E-state index contributed by atoms with van der Waals surface area (Å²) in [7, 11) is 3.92. The fraction of sp³-hybridized carbons (Fsp3) is 0.421. The van der Waals surface area contributed by atoms with Crippen LogP contribution in [-0.4, -0.2) is 48.4 Å². The normalized spacial score (nSPS) is 11.0. The molecule has 0 spiro atoms. The topological polar surface area (TPSA) is 53.9 Å². The standard InChI is InChI=1S/C19H26ClN5O/c1-7-24(5)12-22-16-9-14(4)17(10-13(16)3)26-19-21-11-15(20)18(23-19)25(6)8-2/h9-12H,7-8H2,1-6H3/b22-12-. The fourth-order valence-corrected chi connectivity index (χ4v) is 2.41. The Bertz CT molecular complexity index is 794. The minimum Gasteiger partial charge on any atom is -0.424 e. The number of aryl methyl sites for hydroxylation is 2. The second-order valence-electron chi connectivity index (χ2n) is 6.16. The van der Waals surface area contributed by atoms with Crippen LogP contribution in [0.5, 0.6) is 11.8 Å². The Balaban J connectivity index is 2.28. The fourth-order valence-electron chi connectivity index (χ4n) is 2.17. The molecule has 6 nitrogen and oxygen atoms in total. The number of anilines is 1. The van der Waals surface area contributed by atoms with Gasteiger partial charge in [0, 0.05) is 27.2 Å². The third kappa shape index (κ3) is 4.85. The zero-order valence-corrected chi connectivity index (χ0v) is 17.0. The second kappa shape index (κ2) is 8.85. The first kappa shape index (κ1) is 20.0. The largest absolute Gasteiger partial charge is 0.424 e. The number of benzene rings is 1. The highest BCUT2D eigenvalue weighted by atomic mass is 35.5. The summed E-state index contributed by atoms with van der Waals surface area (Å²) in [4.78, 5) is 17.1. The molecule has 0 saturated heterocycles. The summed E-state index contributed by atoms with van der Waals surface area (Å²) in [5.41, 5.74) is 2.90. The third-order valence-electron chi connectivity index (χ3n) is 4.13. The summed E-state index contributed by atoms with van der Waals surface area (Å²) >= 11 is 6.18. The molecule has 2 aromatic rings. The zero-order valence-electron chi connectivity index (χ0n) is 16.2. The van der Waals surface area contributed by atoms with Gasteiger partial charge in [0.15, 0.2) is 5.82 Å². The maximum Gasteiger partial charge on any atom is 0.324 e. The highest BCUT2D eigenvalue weighted by Crippen LogP contribution is 2.31. The smallest absolute Gasteiger partial charge is 0.324 e. The van der Waals surface area contributed by atoms with Crippen LogP contribution in [0, 0.1) is 13.8 Å². The monoisotopic (exact) mass is 375 g/mol. The van der Waals surface area contributed by atoms with Crippen molar-refractivity contribution < 1.29 is 4.74 Å². The second-order valence-corrected chi connectivity index (χ2v) is 6.57. The molecule has 0 radical (unpaired) electrons. The van der Waals surface area contributed by atoms with Gasteiger partial charge in [0.1, 0.15) is 10.8 Å². The number of nitrogens with zero attached hydrogens (tertiary/aromatic N) is 5. The van der Waals surface area contributed by atoms with Gasteiger partial charge >= 0.3 is 6.01 Å². The summed E-state index contributed by atoms with van der Waals surface area (Å²) in [5, 5.41) is 0.499. The molecule has 1 heterocycles. The Morgan fingerprint density at radius 3 is 2.54 bits per heavy atom. The number of aromatic nitrogens is 2. The molecule has 1 aromatic heterocycles. The van der Waals surface area contributed by atoms with Crippen LogP contribution in [0.15, 0.2) is 23.3 Å². The van der Waals surface area contributed by atoms with Gasteiger partial charge in [0.25, 0.3) is 0 Å². The van der Waals surface area contributed by atoms with Gasteiger partial charge < -0.3 is 14.5 Å². The number of halogens is 1. The van der Waals surface area contributed by atoms with Crippen molar-refractivity contribution in [1.82, 2.24) is 14.9 Å². The molecule has 0 N–H and O–H groups in total. The van der Waals surface area contributed by atoms with E-state index in [1.807, 2.05) is 63.1 Å². The molecule has 0 atom stereocenters. The maximum absolute atomic E-state index is 6.18. The van der Waals surface area contributed by atoms with Crippen molar-refractivity contribution in [2.45, 2.75) is 27.7 Å². The molecule has 0 aliphatic heterocycles. The minimum atomic E-state index is 0.272. The van der Waals surface area contributed by atoms with E-state index in [1.165, 1.54) is 0 Å². The highest BCUT2D eigenvalue weighted by Gasteiger charge is 2.12. The molecule has 0 fully saturated rings. The SMILES string of the molecule is CCN(C)/C=N\c1cc(C)c(Oc2ncc(Cl)c(N(C)CC)n2)cc1C. The van der Waals surface area contributed by atoms with Gasteiger partial charge in [-0.3, -0.25) is 0 Å². The predicted octanol–water partition coefficient (Wildman–Crippen LogP) is 4.61. The van der Waals surface area contributed by atoms with Gasteiger partial charge in [-0.05, 0) is 51.0 Å². The van der Waals surface area contributed by atoms with E-state index in [0.717, 1.165) is 29.9 Å². The van der Waals surface area contributed by atoms with Crippen LogP contribution in [-0.2, 0) is 0 Å². The average molecular weight is 376 g/mol. The first-order chi connectivity index (χ1) is 12.3. The summed E-state index contributed by atoms with van der Waals surface area (Å²) in [5.74, 6) is 1.36. The number of hydrogen-bond donors (Lipinski definition) is 0. The van der Waals surface area contributed by atoms with Crippen LogP contribution in [0.25, 0.3) is 0 Å². The Labute approximate surface area is 160 Å². The van der Waals surface area contributed by atoms with E-state index in [9.17, 15) is 0 Å². The Kier molecular flexibility index (Phi) is 6.80. The molecule has 0 bridgehead atoms. The summed E-state index contributed by atoms with van der Waals surface area (Å²) in [6.07, 6.45) is 3.39. The maximum atomic E-state index is 6.18. The molecule has 7 heteroatoms. The van der Waals surface area contributed by atoms with Gasteiger partial charge in [-0.1, -0.05) is 11.6 Å². The molecular formula is C19H26ClN5O. The molecule has 26 heavy (non-hydrogen) atoms. The van der Waals surface area contributed by atoms with Crippen LogP contribution in [0.4, 0.5) is 11.5 Å². The molecule has 0 amide bonds. The van der Waals surface area contributed by atoms with E-state index in [0.29, 0.717) is 16.6 Å². The van der Waals surface area contributed by atoms with Crippen molar-refractivity contribution in [3.63, 3.8) is 0 Å². The lowest BCUT2D eigenvalue weighted by Gasteiger charge is -2.17. The average Bonchev–Trinajstić information content (AvgIpc) is 2.63. The van der Waals surface area contributed by atoms with E-state index in [1.54, 1.807) is 6.20 Å². The van der Waals surface area contributed by atoms with Crippen molar-refractivity contribution in [2.75, 3.05) is 32.1 Å². The first-order valence-corrected chi connectivity index (χ1v) is 9.00. The van der Waals surface area contributed by atoms with Crippen molar-refractivity contribution in [3.8, 4) is 11.8 Å². The lowest BCUT2D eigenvalue weighted by molar-refractivity contribution is 0.438. The summed E-state index contributed by atoms with van der Waals surface area (Å²) in [6, 6.07) is 4.23. The van der Waals surface area contributed by atoms with E-state index in [-0.39, 0.29) is 6.01 Å². The van der Waals surface area contributed by atoms with Gasteiger partial charge in [-0.15, -0.1) is 0 Å². The molecular weight excluding hydrogens is 350 g/mol. The Morgan fingerprint density at radius 1 is 1.15 bits per heavy atom. The van der Waals surface area contributed by atoms with E-state index in [4.69, 9.17) is 16.3 Å². The van der Waals surface area contributed by atoms with Gasteiger partial charge in [0.05, 0.1) is 18.2 Å². The van der Waals surface area contributed by atoms with E-state index in [2.05, 4.69) is 21.9 Å². The molecule has 0 unspecified atom stereocenters. The molecule has 0 aliphatic rings. The summed E-state index contributed by atoms with van der Waals surface area (Å²) in [6.45, 7) is 9.79. The Morgan fingerprint density at radius 2 is 1.88 bits per heavy atom. The first-order valence-electron chi connectivity index (χ1n) is 8.62. The molecule has 0 aliphatic carbocycles. The molecule has 140 valence electrons. The quantitative estimate of drug-likeness (QED) is 0.522. The molecule has 0 saturated carbocycles. The van der Waals surface area contributed by atoms with Crippen LogP contribution < -0.4 is 9.64 Å². The van der Waals surface area contributed by atoms with E-state index < -0.39 is 0 Å². The van der Waals surface area contributed by atoms with Crippen LogP contribution >= 0.6 is 11.6 Å². The van der Waals surface area contributed by atoms with Crippen LogP contribution in [0.1, 0.15) is 25.0 Å². The van der Waals surface area contributed by atoms with Crippen molar-refractivity contribution in [1.29, 1.82) is 0 Å². The van der Waals surface area contributed by atoms with Crippen LogP contribution in [0.2, 0.25) is 5.02 Å². The highest BCUT2D eigenvalue weighted by molar-refractivity contribution is 6.32. The third-order valence-corrected chi connectivity index (χ3v) is 4.39. The molecule has 1 aromatic carbocycles. The lowest BCUT2D eigenvalue weighted by atomic mass is 10.1. The predicted molar refractivity (Wildman–Crippen MR) is 108 cm³/mol. The molecule has 2 rings (SSSR count). The van der Waals surface area contributed by atoms with Gasteiger partial charge in [-0.2, -0.15) is 4.98 Å². The van der Waals surface area contributed by atoms with Crippen molar-refractivity contribution in [3.05, 3.63) is 34.5 Å². The number of hydrogen-bond acceptors (Lipinski definition) is 5. The number of aliphatic imine (C=N–C) groups is 1. The number of ether oxygens (including phenoxy) is 1. The van der Waals surface area contributed by atoms with Crippen molar-refractivity contribution in [2.24, 2.45) is 4.99 Å². The summed E-state index contributed by atoms with van der Waals surface area (Å²) < 4.78 is 5.91. The van der Waals surface area contributed by atoms with Crippen molar-refractivity contribution >= 4 is 29.4 Å². The van der Waals surface area contributed by atoms with E-state index >= 15 is 0 Å². The number of rotatable bonds is 7. The lowest BCUT2D eigenvalue weighted by Crippen LogP contribution is -2.18.